The van der Waals surface area contributed by atoms with Crippen molar-refractivity contribution in [2.75, 3.05) is 5.32 Å². The maximum absolute atomic E-state index is 12.6. The quantitative estimate of drug-likeness (QED) is 0.699. The van der Waals surface area contributed by atoms with Crippen molar-refractivity contribution < 1.29 is 14.4 Å². The van der Waals surface area contributed by atoms with Crippen molar-refractivity contribution in [2.24, 2.45) is 0 Å². The van der Waals surface area contributed by atoms with Gasteiger partial charge in [-0.15, -0.1) is 0 Å². The van der Waals surface area contributed by atoms with Crippen molar-refractivity contribution in [1.29, 1.82) is 0 Å². The van der Waals surface area contributed by atoms with Crippen LogP contribution in [0.2, 0.25) is 5.02 Å². The van der Waals surface area contributed by atoms with Crippen LogP contribution < -0.4 is 5.32 Å². The molecule has 1 aliphatic heterocycles. The minimum absolute atomic E-state index is 0.312. The average molecular weight is 386 g/mol. The molecule has 0 aliphatic carbocycles. The van der Waals surface area contributed by atoms with E-state index in [9.17, 15) is 14.4 Å². The second kappa shape index (κ2) is 6.19. The van der Waals surface area contributed by atoms with Crippen LogP contribution in [0.4, 0.5) is 5.13 Å². The Kier molecular flexibility index (Phi) is 3.97. The molecule has 130 valence electrons. The van der Waals surface area contributed by atoms with Gasteiger partial charge in [-0.3, -0.25) is 19.3 Å². The summed E-state index contributed by atoms with van der Waals surface area (Å²) in [6.07, 6.45) is 0. The molecule has 1 aromatic heterocycles. The predicted octanol–water partition coefficient (Wildman–Crippen LogP) is 3.57. The number of fused-ring (bicyclic) bond motifs is 2. The van der Waals surface area contributed by atoms with Crippen molar-refractivity contribution >= 4 is 56.0 Å². The van der Waals surface area contributed by atoms with E-state index in [0.717, 1.165) is 9.60 Å². The molecule has 3 aromatic rings. The molecule has 2 aromatic carbocycles. The molecule has 6 nitrogen and oxygen atoms in total. The van der Waals surface area contributed by atoms with Crippen molar-refractivity contribution in [1.82, 2.24) is 9.88 Å². The van der Waals surface area contributed by atoms with E-state index < -0.39 is 23.8 Å². The highest BCUT2D eigenvalue weighted by atomic mass is 35.5. The number of carbonyl (C=O) groups excluding carboxylic acids is 3. The Labute approximate surface area is 157 Å². The minimum Gasteiger partial charge on any atom is -0.300 e. The van der Waals surface area contributed by atoms with E-state index in [-0.39, 0.29) is 0 Å². The summed E-state index contributed by atoms with van der Waals surface area (Å²) in [6, 6.07) is 10.8. The zero-order valence-electron chi connectivity index (χ0n) is 13.5. The Hall–Kier alpha value is -2.77. The van der Waals surface area contributed by atoms with E-state index in [2.05, 4.69) is 10.3 Å². The number of hydrogen-bond donors (Lipinski definition) is 1. The standard InChI is InChI=1S/C18H12ClN3O3S/c1-9(22-16(24)11-4-2-3-5-12(11)17(22)25)15(23)21-18-20-13-7-6-10(19)8-14(13)26-18/h2-9H,1H3,(H,20,21,23). The van der Waals surface area contributed by atoms with E-state index in [0.29, 0.717) is 26.8 Å². The molecule has 2 heterocycles. The van der Waals surface area contributed by atoms with Gasteiger partial charge in [0.05, 0.1) is 21.3 Å². The van der Waals surface area contributed by atoms with Crippen LogP contribution in [0.3, 0.4) is 0 Å². The summed E-state index contributed by atoms with van der Waals surface area (Å²) in [5, 5.41) is 3.64. The number of rotatable bonds is 3. The molecule has 0 bridgehead atoms. The lowest BCUT2D eigenvalue weighted by Gasteiger charge is -2.21. The molecule has 8 heteroatoms. The highest BCUT2D eigenvalue weighted by molar-refractivity contribution is 7.22. The molecule has 4 rings (SSSR count). The molecule has 1 atom stereocenters. The van der Waals surface area contributed by atoms with Gasteiger partial charge in [0.15, 0.2) is 5.13 Å². The van der Waals surface area contributed by atoms with Crippen LogP contribution in [0.1, 0.15) is 27.6 Å². The fourth-order valence-corrected chi connectivity index (χ4v) is 3.98. The number of benzene rings is 2. The predicted molar refractivity (Wildman–Crippen MR) is 99.7 cm³/mol. The maximum Gasteiger partial charge on any atom is 0.262 e. The van der Waals surface area contributed by atoms with Crippen molar-refractivity contribution in [3.63, 3.8) is 0 Å². The van der Waals surface area contributed by atoms with E-state index in [1.54, 1.807) is 42.5 Å². The topological polar surface area (TPSA) is 79.4 Å². The first-order valence-electron chi connectivity index (χ1n) is 7.79. The Bertz CT molecular complexity index is 1040. The average Bonchev–Trinajstić information content (AvgIpc) is 3.13. The Morgan fingerprint density at radius 1 is 1.15 bits per heavy atom. The number of nitrogens with one attached hydrogen (secondary N) is 1. The third-order valence-corrected chi connectivity index (χ3v) is 5.34. The number of anilines is 1. The van der Waals surface area contributed by atoms with Gasteiger partial charge < -0.3 is 5.32 Å². The molecule has 0 saturated heterocycles. The lowest BCUT2D eigenvalue weighted by atomic mass is 10.1. The lowest BCUT2D eigenvalue weighted by Crippen LogP contribution is -2.45. The second-order valence-electron chi connectivity index (χ2n) is 5.82. The van der Waals surface area contributed by atoms with Crippen LogP contribution in [-0.2, 0) is 4.79 Å². The van der Waals surface area contributed by atoms with Crippen molar-refractivity contribution in [2.45, 2.75) is 13.0 Å². The summed E-state index contributed by atoms with van der Waals surface area (Å²) in [5.74, 6) is -1.42. The van der Waals surface area contributed by atoms with Gasteiger partial charge in [-0.2, -0.15) is 0 Å². The van der Waals surface area contributed by atoms with Crippen LogP contribution in [0.5, 0.6) is 0 Å². The molecule has 26 heavy (non-hydrogen) atoms. The molecule has 0 spiro atoms. The van der Waals surface area contributed by atoms with Crippen LogP contribution in [0, 0.1) is 0 Å². The summed E-state index contributed by atoms with van der Waals surface area (Å²) in [6.45, 7) is 1.52. The summed E-state index contributed by atoms with van der Waals surface area (Å²) < 4.78 is 0.834. The lowest BCUT2D eigenvalue weighted by molar-refractivity contribution is -0.119. The Morgan fingerprint density at radius 2 is 1.81 bits per heavy atom. The maximum atomic E-state index is 12.6. The Morgan fingerprint density at radius 3 is 2.46 bits per heavy atom. The van der Waals surface area contributed by atoms with Crippen molar-refractivity contribution in [3.8, 4) is 0 Å². The number of hydrogen-bond acceptors (Lipinski definition) is 5. The van der Waals surface area contributed by atoms with E-state index >= 15 is 0 Å². The molecule has 1 aliphatic rings. The van der Waals surface area contributed by atoms with Crippen LogP contribution in [0.25, 0.3) is 10.2 Å². The SMILES string of the molecule is CC(C(=O)Nc1nc2ccc(Cl)cc2s1)N1C(=O)c2ccccc2C1=O. The number of nitrogens with zero attached hydrogens (tertiary/aromatic N) is 2. The first-order chi connectivity index (χ1) is 12.5. The van der Waals surface area contributed by atoms with Crippen LogP contribution in [-0.4, -0.2) is 33.6 Å². The van der Waals surface area contributed by atoms with Gasteiger partial charge >= 0.3 is 0 Å². The zero-order valence-corrected chi connectivity index (χ0v) is 15.1. The van der Waals surface area contributed by atoms with E-state index in [1.807, 2.05) is 0 Å². The molecule has 1 unspecified atom stereocenters. The molecular formula is C18H12ClN3O3S. The van der Waals surface area contributed by atoms with Gasteiger partial charge in [0.25, 0.3) is 11.8 Å². The summed E-state index contributed by atoms with van der Waals surface area (Å²) in [5.41, 5.74) is 1.33. The molecule has 1 N–H and O–H groups in total. The van der Waals surface area contributed by atoms with E-state index in [1.165, 1.54) is 18.3 Å². The van der Waals surface area contributed by atoms with E-state index in [4.69, 9.17) is 11.6 Å². The molecule has 0 saturated carbocycles. The summed E-state index contributed by atoms with van der Waals surface area (Å²) in [4.78, 5) is 42.8. The van der Waals surface area contributed by atoms with Gasteiger partial charge in [0.2, 0.25) is 5.91 Å². The first-order valence-corrected chi connectivity index (χ1v) is 8.99. The summed E-state index contributed by atoms with van der Waals surface area (Å²) in [7, 11) is 0. The largest absolute Gasteiger partial charge is 0.300 e. The second-order valence-corrected chi connectivity index (χ2v) is 7.29. The highest BCUT2D eigenvalue weighted by Gasteiger charge is 2.40. The third-order valence-electron chi connectivity index (χ3n) is 4.17. The number of aromatic nitrogens is 1. The number of imide groups is 1. The third kappa shape index (κ3) is 2.65. The van der Waals surface area contributed by atoms with Gasteiger partial charge in [-0.05, 0) is 37.3 Å². The normalized spacial score (nSPS) is 14.6. The Balaban J connectivity index is 1.56. The monoisotopic (exact) mass is 385 g/mol. The number of halogens is 1. The number of carbonyl (C=O) groups is 3. The molecule has 3 amide bonds. The van der Waals surface area contributed by atoms with Gasteiger partial charge in [-0.1, -0.05) is 35.1 Å². The molecule has 0 radical (unpaired) electrons. The van der Waals surface area contributed by atoms with Crippen LogP contribution >= 0.6 is 22.9 Å². The van der Waals surface area contributed by atoms with Gasteiger partial charge in [0.1, 0.15) is 6.04 Å². The molecule has 0 fully saturated rings. The molecular weight excluding hydrogens is 374 g/mol. The highest BCUT2D eigenvalue weighted by Crippen LogP contribution is 2.29. The first kappa shape index (κ1) is 16.7. The van der Waals surface area contributed by atoms with Crippen molar-refractivity contribution in [3.05, 3.63) is 58.6 Å². The zero-order chi connectivity index (χ0) is 18.4. The van der Waals surface area contributed by atoms with Gasteiger partial charge in [-0.25, -0.2) is 4.98 Å². The smallest absolute Gasteiger partial charge is 0.262 e. The number of thiazole rings is 1. The number of amides is 3. The fourth-order valence-electron chi connectivity index (χ4n) is 2.84. The summed E-state index contributed by atoms with van der Waals surface area (Å²) >= 11 is 7.23. The van der Waals surface area contributed by atoms with Crippen LogP contribution in [0.15, 0.2) is 42.5 Å². The van der Waals surface area contributed by atoms with Gasteiger partial charge in [0, 0.05) is 5.02 Å². The fraction of sp³-hybridized carbons (Fsp3) is 0.111. The minimum atomic E-state index is -0.960.